The van der Waals surface area contributed by atoms with E-state index < -0.39 is 35.5 Å². The lowest BCUT2D eigenvalue weighted by molar-refractivity contribution is -0.136. The fourth-order valence-electron chi connectivity index (χ4n) is 8.60. The first-order valence-corrected chi connectivity index (χ1v) is 19.1. The number of aromatic nitrogens is 1. The summed E-state index contributed by atoms with van der Waals surface area (Å²) in [5.74, 6) is -1.75. The van der Waals surface area contributed by atoms with Crippen LogP contribution in [0.3, 0.4) is 0 Å². The number of rotatable bonds is 10. The number of piperidine rings is 1. The maximum atomic E-state index is 15.3. The minimum Gasteiger partial charge on any atom is -0.382 e. The van der Waals surface area contributed by atoms with Crippen molar-refractivity contribution in [2.24, 2.45) is 11.8 Å². The van der Waals surface area contributed by atoms with Crippen LogP contribution < -0.4 is 15.5 Å². The number of anilines is 3. The highest BCUT2D eigenvalue weighted by atomic mass is 19.1. The van der Waals surface area contributed by atoms with Gasteiger partial charge in [0.15, 0.2) is 0 Å². The topological polar surface area (TPSA) is 149 Å². The zero-order valence-corrected chi connectivity index (χ0v) is 31.2. The Labute approximate surface area is 318 Å². The van der Waals surface area contributed by atoms with Crippen molar-refractivity contribution in [3.05, 3.63) is 94.1 Å². The zero-order chi connectivity index (χ0) is 38.6. The van der Waals surface area contributed by atoms with Crippen molar-refractivity contribution >= 4 is 40.7 Å². The average molecular weight is 743 g/mol. The van der Waals surface area contributed by atoms with Gasteiger partial charge in [0, 0.05) is 36.4 Å². The molecule has 0 bridgehead atoms. The fraction of sp³-hybridized carbons (Fsp3) is 0.395. The zero-order valence-electron chi connectivity index (χ0n) is 31.2. The molecule has 1 aromatic heterocycles. The summed E-state index contributed by atoms with van der Waals surface area (Å²) in [5, 5.41) is 19.4. The van der Waals surface area contributed by atoms with Crippen molar-refractivity contribution in [2.75, 3.05) is 23.3 Å². The lowest BCUT2D eigenvalue weighted by atomic mass is 9.81. The predicted octanol–water partition coefficient (Wildman–Crippen LogP) is 7.42. The van der Waals surface area contributed by atoms with Crippen molar-refractivity contribution in [3.63, 3.8) is 0 Å². The number of hydrogen-bond acceptors (Lipinski definition) is 9. The van der Waals surface area contributed by atoms with Gasteiger partial charge < -0.3 is 14.7 Å². The molecule has 4 aliphatic rings. The number of nitrogens with zero attached hydrogens (tertiary/aromatic N) is 4. The summed E-state index contributed by atoms with van der Waals surface area (Å²) in [5.41, 5.74) is 7.01. The summed E-state index contributed by atoms with van der Waals surface area (Å²) in [4.78, 5) is 53.7. The Kier molecular flexibility index (Phi) is 9.27. The van der Waals surface area contributed by atoms with Crippen LogP contribution in [0.15, 0.2) is 59.1 Å². The smallest absolute Gasteiger partial charge is 0.262 e. The molecule has 1 saturated heterocycles. The number of halogens is 1. The summed E-state index contributed by atoms with van der Waals surface area (Å²) in [7, 11) is 0. The molecule has 1 atom stereocenters. The number of nitrogens with one attached hydrogen (secondary N) is 2. The molecule has 2 aliphatic carbocycles. The number of carbonyl (C=O) groups excluding carboxylic acids is 4. The third-order valence-corrected chi connectivity index (χ3v) is 12.0. The second kappa shape index (κ2) is 14.1. The molecule has 2 aliphatic heterocycles. The summed E-state index contributed by atoms with van der Waals surface area (Å²) < 4.78 is 20.8. The van der Waals surface area contributed by atoms with Crippen LogP contribution in [0.25, 0.3) is 11.1 Å². The second-order valence-electron chi connectivity index (χ2n) is 15.6. The first-order chi connectivity index (χ1) is 26.5. The minimum atomic E-state index is -1.11. The summed E-state index contributed by atoms with van der Waals surface area (Å²) in [6.45, 7) is 7.31. The van der Waals surface area contributed by atoms with Gasteiger partial charge >= 0.3 is 0 Å². The number of benzene rings is 3. The second-order valence-corrected chi connectivity index (χ2v) is 15.6. The highest BCUT2D eigenvalue weighted by Gasteiger charge is 2.46. The summed E-state index contributed by atoms with van der Waals surface area (Å²) >= 11 is 0. The van der Waals surface area contributed by atoms with Gasteiger partial charge in [0.25, 0.3) is 11.8 Å². The molecule has 12 heteroatoms. The van der Waals surface area contributed by atoms with Gasteiger partial charge in [-0.2, -0.15) is 5.26 Å². The van der Waals surface area contributed by atoms with Crippen LogP contribution in [0.5, 0.6) is 0 Å². The molecule has 282 valence electrons. The minimum absolute atomic E-state index is 0.0124. The number of nitriles is 1. The Bertz CT molecular complexity index is 2240. The normalized spacial score (nSPS) is 21.6. The van der Waals surface area contributed by atoms with Crippen molar-refractivity contribution in [3.8, 4) is 17.2 Å². The van der Waals surface area contributed by atoms with Crippen molar-refractivity contribution in [2.45, 2.75) is 83.6 Å². The lowest BCUT2D eigenvalue weighted by Gasteiger charge is -2.35. The Morgan fingerprint density at radius 3 is 2.27 bits per heavy atom. The Hall–Kier alpha value is -5.83. The molecule has 55 heavy (non-hydrogen) atoms. The van der Waals surface area contributed by atoms with E-state index in [4.69, 9.17) is 4.52 Å². The van der Waals surface area contributed by atoms with Crippen LogP contribution in [0.4, 0.5) is 21.5 Å². The van der Waals surface area contributed by atoms with E-state index in [2.05, 4.69) is 76.1 Å². The Balaban J connectivity index is 0.959. The number of amides is 4. The van der Waals surface area contributed by atoms with E-state index in [1.807, 2.05) is 13.8 Å². The molecule has 11 nitrogen and oxygen atoms in total. The van der Waals surface area contributed by atoms with Gasteiger partial charge in [0.2, 0.25) is 11.8 Å². The van der Waals surface area contributed by atoms with E-state index in [-0.39, 0.29) is 41.0 Å². The van der Waals surface area contributed by atoms with Crippen LogP contribution in [-0.2, 0) is 15.0 Å². The van der Waals surface area contributed by atoms with Gasteiger partial charge in [-0.05, 0) is 125 Å². The number of hydrogen-bond donors (Lipinski definition) is 2. The summed E-state index contributed by atoms with van der Waals surface area (Å²) in [6.07, 6.45) is 5.64. The van der Waals surface area contributed by atoms with E-state index in [0.29, 0.717) is 12.5 Å². The highest BCUT2D eigenvalue weighted by Crippen LogP contribution is 2.48. The molecule has 3 fully saturated rings. The first kappa shape index (κ1) is 36.2. The molecule has 3 heterocycles. The molecule has 8 rings (SSSR count). The molecule has 2 N–H and O–H groups in total. The van der Waals surface area contributed by atoms with Crippen molar-refractivity contribution < 1.29 is 28.1 Å². The molecule has 4 aromatic rings. The van der Waals surface area contributed by atoms with E-state index >= 15 is 4.39 Å². The van der Waals surface area contributed by atoms with Crippen molar-refractivity contribution in [1.29, 1.82) is 5.26 Å². The Morgan fingerprint density at radius 1 is 0.945 bits per heavy atom. The van der Waals surface area contributed by atoms with Gasteiger partial charge in [-0.15, -0.1) is 0 Å². The van der Waals surface area contributed by atoms with E-state index in [1.165, 1.54) is 6.07 Å². The number of imide groups is 2. The molecule has 2 saturated carbocycles. The van der Waals surface area contributed by atoms with Crippen LogP contribution in [0.1, 0.15) is 94.7 Å². The molecule has 3 aromatic carbocycles. The van der Waals surface area contributed by atoms with Crippen molar-refractivity contribution in [1.82, 2.24) is 15.4 Å². The standard InChI is InChI=1S/C43H43FN6O5/c1-24-4-9-29(39-25(2)48-55-26(39)3)18-37(24)49(31-12-10-30(11-13-31)43(23-45)16-17-43)22-28-7-5-27(6-8-28)21-46-35-20-33-32(19-34(35)44)41(53)50(42(33)54)36-14-15-38(51)47-40(36)52/h4,9-13,18-20,27-28,36,46H,5-8,14-17,21-22H2,1-3H3,(H,47,51,52). The molecular weight excluding hydrogens is 700 g/mol. The molecular formula is C43H43FN6O5. The average Bonchev–Trinajstić information content (AvgIpc) is 3.86. The van der Waals surface area contributed by atoms with Gasteiger partial charge in [0.05, 0.1) is 34.0 Å². The SMILES string of the molecule is Cc1ccc(-c2c(C)noc2C)cc1N(CC1CCC(CNc2cc3c(cc2F)C(=O)N(C2CCC(=O)NC2=O)C3=O)CC1)c1ccc(C2(C#N)CC2)cc1. The van der Waals surface area contributed by atoms with Gasteiger partial charge in [-0.25, -0.2) is 4.39 Å². The van der Waals surface area contributed by atoms with Crippen LogP contribution in [-0.4, -0.2) is 52.8 Å². The maximum Gasteiger partial charge on any atom is 0.262 e. The maximum absolute atomic E-state index is 15.3. The largest absolute Gasteiger partial charge is 0.382 e. The highest BCUT2D eigenvalue weighted by molar-refractivity contribution is 6.23. The van der Waals surface area contributed by atoms with E-state index in [1.54, 1.807) is 0 Å². The third-order valence-electron chi connectivity index (χ3n) is 12.0. The van der Waals surface area contributed by atoms with Crippen LogP contribution in [0.2, 0.25) is 0 Å². The molecule has 1 unspecified atom stereocenters. The molecule has 0 spiro atoms. The van der Waals surface area contributed by atoms with Crippen LogP contribution >= 0.6 is 0 Å². The van der Waals surface area contributed by atoms with Gasteiger partial charge in [-0.1, -0.05) is 29.4 Å². The summed E-state index contributed by atoms with van der Waals surface area (Å²) in [6, 6.07) is 18.8. The third kappa shape index (κ3) is 6.66. The van der Waals surface area contributed by atoms with Gasteiger partial charge in [0.1, 0.15) is 17.6 Å². The quantitative estimate of drug-likeness (QED) is 0.158. The predicted molar refractivity (Wildman–Crippen MR) is 203 cm³/mol. The Morgan fingerprint density at radius 2 is 1.64 bits per heavy atom. The van der Waals surface area contributed by atoms with E-state index in [9.17, 15) is 24.4 Å². The number of fused-ring (bicyclic) bond motifs is 1. The first-order valence-electron chi connectivity index (χ1n) is 19.1. The number of carbonyl (C=O) groups is 4. The fourth-order valence-corrected chi connectivity index (χ4v) is 8.60. The van der Waals surface area contributed by atoms with Crippen LogP contribution in [0, 0.1) is 49.8 Å². The molecule has 0 radical (unpaired) electrons. The molecule has 4 amide bonds. The van der Waals surface area contributed by atoms with Gasteiger partial charge in [-0.3, -0.25) is 29.4 Å². The lowest BCUT2D eigenvalue weighted by Crippen LogP contribution is -2.54. The van der Waals surface area contributed by atoms with E-state index in [0.717, 1.165) is 101 Å². The number of aryl methyl sites for hydroxylation is 3. The monoisotopic (exact) mass is 742 g/mol.